The highest BCUT2D eigenvalue weighted by Crippen LogP contribution is 2.33. The van der Waals surface area contributed by atoms with Crippen molar-refractivity contribution in [3.63, 3.8) is 0 Å². The summed E-state index contributed by atoms with van der Waals surface area (Å²) in [4.78, 5) is 0. The molecule has 0 bridgehead atoms. The molecule has 7 aromatic carbocycles. The number of fused-ring (bicyclic) bond motifs is 1. The molecule has 0 aliphatic heterocycles. The molecule has 0 aromatic heterocycles. The van der Waals surface area contributed by atoms with E-state index in [1.165, 1.54) is 64.7 Å². The molecule has 1 aliphatic rings. The van der Waals surface area contributed by atoms with Gasteiger partial charge in [-0.2, -0.15) is 0 Å². The molecule has 0 N–H and O–H groups in total. The van der Waals surface area contributed by atoms with Crippen LogP contribution in [0.1, 0.15) is 11.1 Å². The highest BCUT2D eigenvalue weighted by atomic mass is 14.1. The van der Waals surface area contributed by atoms with Crippen LogP contribution in [-0.2, 0) is 0 Å². The van der Waals surface area contributed by atoms with Crippen molar-refractivity contribution < 1.29 is 0 Å². The van der Waals surface area contributed by atoms with Crippen molar-refractivity contribution in [2.75, 3.05) is 0 Å². The third-order valence-electron chi connectivity index (χ3n) is 6.98. The van der Waals surface area contributed by atoms with Crippen molar-refractivity contribution in [2.45, 2.75) is 0 Å². The first-order valence-corrected chi connectivity index (χ1v) is 11.8. The number of hydrogen-bond acceptors (Lipinski definition) is 0. The van der Waals surface area contributed by atoms with Crippen LogP contribution in [0.3, 0.4) is 0 Å². The first-order valence-electron chi connectivity index (χ1n) is 11.8. The van der Waals surface area contributed by atoms with E-state index in [0.29, 0.717) is 0 Å². The lowest BCUT2D eigenvalue weighted by Crippen LogP contribution is -2.22. The second-order valence-electron chi connectivity index (χ2n) is 9.00. The van der Waals surface area contributed by atoms with E-state index in [0.717, 1.165) is 0 Å². The van der Waals surface area contributed by atoms with E-state index in [1.807, 2.05) is 0 Å². The Balaban J connectivity index is 0.000000118. The van der Waals surface area contributed by atoms with Gasteiger partial charge in [-0.05, 0) is 76.8 Å². The first kappa shape index (κ1) is 19.1. The van der Waals surface area contributed by atoms with Gasteiger partial charge < -0.3 is 0 Å². The maximum absolute atomic E-state index is 2.28. The van der Waals surface area contributed by atoms with E-state index in [9.17, 15) is 0 Å². The van der Waals surface area contributed by atoms with Crippen molar-refractivity contribution in [1.29, 1.82) is 0 Å². The SMILES string of the molecule is C1=c2ccccc2=Cc2cccc3cccc1c23.c1cc2ccc3cccc4ccc(c1)c2c34. The summed E-state index contributed by atoms with van der Waals surface area (Å²) in [5, 5.41) is 13.4. The van der Waals surface area contributed by atoms with E-state index in [2.05, 4.69) is 133 Å². The topological polar surface area (TPSA) is 0 Å². The quantitative estimate of drug-likeness (QED) is 0.220. The third kappa shape index (κ3) is 3.00. The van der Waals surface area contributed by atoms with Gasteiger partial charge >= 0.3 is 0 Å². The Morgan fingerprint density at radius 3 is 1.03 bits per heavy atom. The van der Waals surface area contributed by atoms with Crippen LogP contribution in [0, 0.1) is 0 Å². The predicted molar refractivity (Wildman–Crippen MR) is 147 cm³/mol. The van der Waals surface area contributed by atoms with E-state index in [-0.39, 0.29) is 0 Å². The van der Waals surface area contributed by atoms with Crippen molar-refractivity contribution >= 4 is 55.2 Å². The van der Waals surface area contributed by atoms with Crippen molar-refractivity contribution in [3.05, 3.63) is 143 Å². The van der Waals surface area contributed by atoms with Crippen LogP contribution in [0.15, 0.2) is 121 Å². The lowest BCUT2D eigenvalue weighted by molar-refractivity contribution is 1.52. The fourth-order valence-corrected chi connectivity index (χ4v) is 5.42. The molecule has 0 heteroatoms. The van der Waals surface area contributed by atoms with Crippen LogP contribution in [-0.4, -0.2) is 0 Å². The zero-order valence-corrected chi connectivity index (χ0v) is 18.7. The lowest BCUT2D eigenvalue weighted by Gasteiger charge is -2.09. The summed E-state index contributed by atoms with van der Waals surface area (Å²) in [6.45, 7) is 0. The average Bonchev–Trinajstić information content (AvgIpc) is 3.06. The Bertz CT molecular complexity index is 1760. The van der Waals surface area contributed by atoms with Gasteiger partial charge in [0.1, 0.15) is 0 Å². The Morgan fingerprint density at radius 1 is 0.265 bits per heavy atom. The first-order chi connectivity index (χ1) is 16.8. The molecule has 0 heterocycles. The molecule has 0 amide bonds. The molecule has 0 saturated carbocycles. The number of benzene rings is 7. The minimum Gasteiger partial charge on any atom is -0.0616 e. The number of hydrogen-bond donors (Lipinski definition) is 0. The Kier molecular flexibility index (Phi) is 4.25. The van der Waals surface area contributed by atoms with Gasteiger partial charge in [0.15, 0.2) is 0 Å². The van der Waals surface area contributed by atoms with Crippen LogP contribution in [0.25, 0.3) is 55.2 Å². The van der Waals surface area contributed by atoms with E-state index in [4.69, 9.17) is 0 Å². The molecular weight excluding hydrogens is 408 g/mol. The monoisotopic (exact) mass is 430 g/mol. The standard InChI is InChI=1S/C18H12.C16H10/c1-2-6-15-12-17-10-4-8-13-7-3-9-16(18(13)17)11-14(15)5-1;1-3-11-7-9-13-5-2-6-14-10-8-12(4-1)15(11)16(13)14/h1-12H;1-10H. The van der Waals surface area contributed by atoms with Gasteiger partial charge in [-0.15, -0.1) is 0 Å². The van der Waals surface area contributed by atoms with Gasteiger partial charge in [0.25, 0.3) is 0 Å². The third-order valence-corrected chi connectivity index (χ3v) is 6.98. The molecule has 0 fully saturated rings. The molecule has 0 spiro atoms. The molecule has 7 aromatic rings. The molecular formula is C34H22. The molecule has 0 radical (unpaired) electrons. The number of rotatable bonds is 0. The average molecular weight is 431 g/mol. The van der Waals surface area contributed by atoms with Gasteiger partial charge in [0, 0.05) is 0 Å². The van der Waals surface area contributed by atoms with Crippen molar-refractivity contribution in [2.24, 2.45) is 0 Å². The maximum Gasteiger partial charge on any atom is -0.00268 e. The molecule has 0 nitrogen and oxygen atoms in total. The molecule has 8 rings (SSSR count). The largest absolute Gasteiger partial charge is 0.0616 e. The molecule has 0 unspecified atom stereocenters. The Hall–Kier alpha value is -4.42. The zero-order chi connectivity index (χ0) is 22.5. The second kappa shape index (κ2) is 7.57. The van der Waals surface area contributed by atoms with Crippen LogP contribution >= 0.6 is 0 Å². The summed E-state index contributed by atoms with van der Waals surface area (Å²) in [5.41, 5.74) is 2.62. The highest BCUT2D eigenvalue weighted by molar-refractivity contribution is 6.22. The molecule has 34 heavy (non-hydrogen) atoms. The van der Waals surface area contributed by atoms with Crippen LogP contribution in [0.4, 0.5) is 0 Å². The van der Waals surface area contributed by atoms with Crippen molar-refractivity contribution in [3.8, 4) is 0 Å². The van der Waals surface area contributed by atoms with Gasteiger partial charge in [-0.1, -0.05) is 121 Å². The Morgan fingerprint density at radius 2 is 0.618 bits per heavy atom. The molecule has 0 saturated heterocycles. The predicted octanol–water partition coefficient (Wildman–Crippen LogP) is 7.39. The van der Waals surface area contributed by atoms with Crippen LogP contribution in [0.5, 0.6) is 0 Å². The van der Waals surface area contributed by atoms with Crippen LogP contribution < -0.4 is 10.4 Å². The fourth-order valence-electron chi connectivity index (χ4n) is 5.42. The van der Waals surface area contributed by atoms with E-state index in [1.54, 1.807) is 0 Å². The van der Waals surface area contributed by atoms with Gasteiger partial charge in [-0.3, -0.25) is 0 Å². The summed E-state index contributed by atoms with van der Waals surface area (Å²) in [7, 11) is 0. The molecule has 158 valence electrons. The lowest BCUT2D eigenvalue weighted by atomic mass is 9.95. The summed E-state index contributed by atoms with van der Waals surface area (Å²) < 4.78 is 0. The summed E-state index contributed by atoms with van der Waals surface area (Å²) in [5.74, 6) is 0. The molecule has 1 aliphatic carbocycles. The summed E-state index contributed by atoms with van der Waals surface area (Å²) in [6, 6.07) is 43.4. The van der Waals surface area contributed by atoms with Crippen molar-refractivity contribution in [1.82, 2.24) is 0 Å². The smallest absolute Gasteiger partial charge is 0.00268 e. The summed E-state index contributed by atoms with van der Waals surface area (Å²) in [6.07, 6.45) is 4.56. The van der Waals surface area contributed by atoms with Gasteiger partial charge in [0.2, 0.25) is 0 Å². The Labute approximate surface area is 198 Å². The van der Waals surface area contributed by atoms with Gasteiger partial charge in [-0.25, -0.2) is 0 Å². The summed E-state index contributed by atoms with van der Waals surface area (Å²) >= 11 is 0. The van der Waals surface area contributed by atoms with Crippen LogP contribution in [0.2, 0.25) is 0 Å². The normalized spacial score (nSPS) is 12.0. The van der Waals surface area contributed by atoms with E-state index >= 15 is 0 Å². The maximum atomic E-state index is 2.28. The minimum atomic E-state index is 1.29. The fraction of sp³-hybridized carbons (Fsp3) is 0. The minimum absolute atomic E-state index is 1.29. The molecule has 0 atom stereocenters. The second-order valence-corrected chi connectivity index (χ2v) is 9.00. The highest BCUT2D eigenvalue weighted by Gasteiger charge is 2.07. The van der Waals surface area contributed by atoms with Gasteiger partial charge in [0.05, 0.1) is 0 Å². The van der Waals surface area contributed by atoms with E-state index < -0.39 is 0 Å². The zero-order valence-electron chi connectivity index (χ0n) is 18.7.